The Bertz CT molecular complexity index is 346. The molecule has 0 fully saturated rings. The molecular weight excluding hydrogens is 219 g/mol. The monoisotopic (exact) mass is 232 g/mol. The molecule has 0 aromatic carbocycles. The molecule has 2 N–H and O–H groups in total. The van der Waals surface area contributed by atoms with Crippen molar-refractivity contribution in [1.82, 2.24) is 0 Å². The van der Waals surface area contributed by atoms with Crippen molar-refractivity contribution in [2.24, 2.45) is 0 Å². The second-order valence-electron chi connectivity index (χ2n) is 2.79. The van der Waals surface area contributed by atoms with E-state index in [1.54, 1.807) is 0 Å². The van der Waals surface area contributed by atoms with Gasteiger partial charge in [0.05, 0.1) is 6.16 Å². The fourth-order valence-corrected chi connectivity index (χ4v) is 1.19. The van der Waals surface area contributed by atoms with E-state index in [-0.39, 0.29) is 18.2 Å². The van der Waals surface area contributed by atoms with Gasteiger partial charge < -0.3 is 14.5 Å². The Morgan fingerprint density at radius 3 is 2.67 bits per heavy atom. The number of carbonyl (C=O) groups excluding carboxylic acids is 1. The lowest BCUT2D eigenvalue weighted by Crippen LogP contribution is -2.01. The summed E-state index contributed by atoms with van der Waals surface area (Å²) in [6, 6.07) is 0. The van der Waals surface area contributed by atoms with Crippen LogP contribution in [0.5, 0.6) is 0 Å². The van der Waals surface area contributed by atoms with Crippen molar-refractivity contribution < 1.29 is 23.9 Å². The molecule has 15 heavy (non-hydrogen) atoms. The number of esters is 1. The van der Waals surface area contributed by atoms with Crippen LogP contribution in [0.4, 0.5) is 0 Å². The zero-order chi connectivity index (χ0) is 11.9. The van der Waals surface area contributed by atoms with Gasteiger partial charge in [-0.2, -0.15) is 0 Å². The van der Waals surface area contributed by atoms with E-state index in [0.29, 0.717) is 0 Å². The van der Waals surface area contributed by atoms with E-state index < -0.39 is 13.6 Å². The fourth-order valence-electron chi connectivity index (χ4n) is 0.721. The minimum absolute atomic E-state index is 0.128. The topological polar surface area (TPSA) is 83.8 Å². The highest BCUT2D eigenvalue weighted by Gasteiger charge is 2.11. The molecule has 0 aliphatic rings. The van der Waals surface area contributed by atoms with E-state index in [4.69, 9.17) is 9.79 Å². The van der Waals surface area contributed by atoms with Crippen LogP contribution in [0.25, 0.3) is 0 Å². The zero-order valence-electron chi connectivity index (χ0n) is 8.34. The van der Waals surface area contributed by atoms with Crippen molar-refractivity contribution in [2.45, 2.75) is 13.3 Å². The Hall–Kier alpha value is -1.12. The van der Waals surface area contributed by atoms with Crippen LogP contribution >= 0.6 is 7.60 Å². The van der Waals surface area contributed by atoms with Gasteiger partial charge in [0, 0.05) is 5.57 Å². The Balaban J connectivity index is 4.14. The summed E-state index contributed by atoms with van der Waals surface area (Å²) < 4.78 is 15.0. The average molecular weight is 232 g/mol. The number of carbonyl (C=O) groups is 1. The lowest BCUT2D eigenvalue weighted by Gasteiger charge is -2.01. The van der Waals surface area contributed by atoms with Crippen LogP contribution in [-0.4, -0.2) is 21.9 Å². The molecule has 0 unspecified atom stereocenters. The van der Waals surface area contributed by atoms with Crippen molar-refractivity contribution in [1.29, 1.82) is 0 Å². The molecule has 0 aromatic heterocycles. The summed E-state index contributed by atoms with van der Waals surface area (Å²) >= 11 is 0. The Morgan fingerprint density at radius 1 is 1.60 bits per heavy atom. The molecule has 0 saturated heterocycles. The first-order chi connectivity index (χ1) is 6.87. The lowest BCUT2D eigenvalue weighted by molar-refractivity contribution is -0.133. The van der Waals surface area contributed by atoms with E-state index in [0.717, 1.165) is 6.26 Å². The summed E-state index contributed by atoms with van der Waals surface area (Å²) in [6.07, 6.45) is 2.28. The highest BCUT2D eigenvalue weighted by Crippen LogP contribution is 2.35. The summed E-state index contributed by atoms with van der Waals surface area (Å²) in [6.45, 7) is 4.71. The molecule has 0 rings (SSSR count). The molecule has 0 radical (unpaired) electrons. The average Bonchev–Trinajstić information content (AvgIpc) is 2.11. The van der Waals surface area contributed by atoms with E-state index in [1.165, 1.54) is 13.0 Å². The number of ether oxygens (including phenoxy) is 1. The third-order valence-corrected chi connectivity index (χ3v) is 2.28. The number of hydrogen-bond donors (Lipinski definition) is 2. The van der Waals surface area contributed by atoms with E-state index in [9.17, 15) is 9.36 Å². The molecule has 0 atom stereocenters. The summed E-state index contributed by atoms with van der Waals surface area (Å²) in [5.41, 5.74) is 2.55. The van der Waals surface area contributed by atoms with Crippen molar-refractivity contribution >= 4 is 13.6 Å². The maximum absolute atomic E-state index is 11.1. The van der Waals surface area contributed by atoms with Crippen LogP contribution in [-0.2, 0) is 14.1 Å². The Labute approximate surface area is 87.9 Å². The lowest BCUT2D eigenvalue weighted by atomic mass is 10.2. The third-order valence-electron chi connectivity index (χ3n) is 1.44. The van der Waals surface area contributed by atoms with Crippen LogP contribution < -0.4 is 0 Å². The summed E-state index contributed by atoms with van der Waals surface area (Å²) in [4.78, 5) is 28.2. The SMILES string of the molecule is C=C=COC(=O)C(C)=CCCP(=O)(O)O. The normalized spacial score (nSPS) is 11.8. The van der Waals surface area contributed by atoms with Gasteiger partial charge in [-0.1, -0.05) is 18.4 Å². The maximum atomic E-state index is 11.1. The maximum Gasteiger partial charge on any atom is 0.338 e. The Kier molecular flexibility index (Phi) is 5.90. The van der Waals surface area contributed by atoms with Crippen molar-refractivity contribution in [2.75, 3.05) is 6.16 Å². The van der Waals surface area contributed by atoms with Crippen molar-refractivity contribution in [3.8, 4) is 0 Å². The highest BCUT2D eigenvalue weighted by molar-refractivity contribution is 7.51. The molecule has 6 heteroatoms. The summed E-state index contributed by atoms with van der Waals surface area (Å²) in [5, 5.41) is 0. The molecule has 0 aromatic rings. The predicted molar refractivity (Wildman–Crippen MR) is 55.1 cm³/mol. The first kappa shape index (κ1) is 13.9. The summed E-state index contributed by atoms with van der Waals surface area (Å²) in [5.74, 6) is -0.586. The Morgan fingerprint density at radius 2 is 2.20 bits per heavy atom. The van der Waals surface area contributed by atoms with Gasteiger partial charge in [0.2, 0.25) is 0 Å². The summed E-state index contributed by atoms with van der Waals surface area (Å²) in [7, 11) is -4.00. The van der Waals surface area contributed by atoms with Crippen LogP contribution in [0.2, 0.25) is 0 Å². The minimum Gasteiger partial charge on any atom is -0.423 e. The van der Waals surface area contributed by atoms with Crippen molar-refractivity contribution in [3.63, 3.8) is 0 Å². The zero-order valence-corrected chi connectivity index (χ0v) is 9.24. The second kappa shape index (κ2) is 6.38. The number of allylic oxidation sites excluding steroid dienone is 1. The first-order valence-electron chi connectivity index (χ1n) is 4.13. The van der Waals surface area contributed by atoms with Gasteiger partial charge >= 0.3 is 13.6 Å². The van der Waals surface area contributed by atoms with Gasteiger partial charge in [-0.15, -0.1) is 0 Å². The number of rotatable bonds is 5. The number of hydrogen-bond acceptors (Lipinski definition) is 3. The highest BCUT2D eigenvalue weighted by atomic mass is 31.2. The van der Waals surface area contributed by atoms with Crippen LogP contribution in [0.15, 0.2) is 30.2 Å². The fraction of sp³-hybridized carbons (Fsp3) is 0.333. The first-order valence-corrected chi connectivity index (χ1v) is 5.93. The van der Waals surface area contributed by atoms with Gasteiger partial charge in [-0.3, -0.25) is 4.57 Å². The molecule has 0 bridgehead atoms. The van der Waals surface area contributed by atoms with Crippen LogP contribution in [0.3, 0.4) is 0 Å². The van der Waals surface area contributed by atoms with E-state index in [1.807, 2.05) is 0 Å². The van der Waals surface area contributed by atoms with E-state index >= 15 is 0 Å². The van der Waals surface area contributed by atoms with Crippen molar-refractivity contribution in [3.05, 3.63) is 30.2 Å². The molecule has 0 saturated carbocycles. The predicted octanol–water partition coefficient (Wildman–Crippen LogP) is 1.34. The minimum atomic E-state index is -4.00. The van der Waals surface area contributed by atoms with Crippen LogP contribution in [0.1, 0.15) is 13.3 Å². The quantitative estimate of drug-likeness (QED) is 0.246. The smallest absolute Gasteiger partial charge is 0.338 e. The van der Waals surface area contributed by atoms with Gasteiger partial charge in [0.15, 0.2) is 0 Å². The molecule has 5 nitrogen and oxygen atoms in total. The van der Waals surface area contributed by atoms with Gasteiger partial charge in [-0.25, -0.2) is 4.79 Å². The standard InChI is InChI=1S/C9H13O5P/c1-3-6-14-9(10)8(2)5-4-7-15(11,12)13/h5-6H,1,4,7H2,2H3,(H2,11,12,13). The molecule has 0 spiro atoms. The largest absolute Gasteiger partial charge is 0.423 e. The van der Waals surface area contributed by atoms with Gasteiger partial charge in [0.1, 0.15) is 6.26 Å². The molecule has 84 valence electrons. The third kappa shape index (κ3) is 7.91. The molecule has 0 aliphatic carbocycles. The molecular formula is C9H13O5P. The molecule has 0 heterocycles. The molecule has 0 aliphatic heterocycles. The van der Waals surface area contributed by atoms with Gasteiger partial charge in [0.25, 0.3) is 0 Å². The van der Waals surface area contributed by atoms with E-state index in [2.05, 4.69) is 17.0 Å². The molecule has 0 amide bonds. The second-order valence-corrected chi connectivity index (χ2v) is 4.57. The van der Waals surface area contributed by atoms with Gasteiger partial charge in [-0.05, 0) is 13.3 Å². The van der Waals surface area contributed by atoms with Crippen LogP contribution in [0, 0.1) is 0 Å².